The zero-order valence-electron chi connectivity index (χ0n) is 57.5. The fourth-order valence-corrected chi connectivity index (χ4v) is 10.7. The number of hydrogen-bond acceptors (Lipinski definition) is 18. The summed E-state index contributed by atoms with van der Waals surface area (Å²) in [6.45, 7) is 2.67. The molecule has 0 saturated carbocycles. The average Bonchev–Trinajstić information content (AvgIpc) is 0.890. The number of unbranched alkanes of at least 4 members (excludes halogenated alkanes) is 3. The standard InChI is InChI=1S/C71H100N14O17/c1-43(2)60(70(100)78-50(31-17-20-36-74)63(93)83-56(71(101)102)40-47-27-13-6-14-28-47)85-68(98)55(41-59(89)90)82-69(99)57(42-86)84-67(97)54(39-46-25-11-5-12-26-46)81-64(94)51(32-33-58(87)88)77-66(96)53(38-45-23-9-4-10-24-45)80-62(92)49(30-16-19-35-73)76-65(95)52(37-44-21-7-3-8-22-44)79-61(91)48(75)29-15-18-34-72/h3-14,21-28,43,48-57,60,86H,15-20,29-42,72-75H2,1-2H3,(H,76,95)(H,77,96)(H,78,100)(H,79,91)(H,80,92)(H,81,94)(H,82,99)(H,83,93)(H,84,97)(H,85,98)(H,87,88)(H,89,90)(H,101,102)/t48-,49-,50-,51-,52-,53-,54-,55-,56-,57-,60-/m0/s1. The predicted molar refractivity (Wildman–Crippen MR) is 375 cm³/mol. The third-order valence-electron chi connectivity index (χ3n) is 16.5. The number of amides is 10. The van der Waals surface area contributed by atoms with Crippen LogP contribution >= 0.6 is 0 Å². The van der Waals surface area contributed by atoms with E-state index < -0.39 is 175 Å². The average molecular weight is 1420 g/mol. The molecule has 102 heavy (non-hydrogen) atoms. The summed E-state index contributed by atoms with van der Waals surface area (Å²) in [5.74, 6) is -15.0. The van der Waals surface area contributed by atoms with Gasteiger partial charge in [-0.1, -0.05) is 142 Å². The van der Waals surface area contributed by atoms with Crippen LogP contribution in [0.25, 0.3) is 0 Å². The summed E-state index contributed by atoms with van der Waals surface area (Å²) in [5, 5.41) is 65.6. The number of hydrogen-bond donors (Lipinski definition) is 18. The van der Waals surface area contributed by atoms with E-state index in [2.05, 4.69) is 53.2 Å². The van der Waals surface area contributed by atoms with E-state index in [9.17, 15) is 82.8 Å². The number of carboxylic acids is 3. The predicted octanol–water partition coefficient (Wildman–Crippen LogP) is -1.41. The molecule has 31 nitrogen and oxygen atoms in total. The summed E-state index contributed by atoms with van der Waals surface area (Å²) >= 11 is 0. The van der Waals surface area contributed by atoms with Gasteiger partial charge in [0.05, 0.1) is 19.1 Å². The van der Waals surface area contributed by atoms with Crippen LogP contribution in [0.4, 0.5) is 0 Å². The maximum absolute atomic E-state index is 14.8. The van der Waals surface area contributed by atoms with E-state index in [0.717, 1.165) is 0 Å². The highest BCUT2D eigenvalue weighted by Crippen LogP contribution is 2.15. The molecule has 0 bridgehead atoms. The van der Waals surface area contributed by atoms with Crippen LogP contribution < -0.4 is 76.1 Å². The molecule has 0 radical (unpaired) electrons. The molecule has 556 valence electrons. The van der Waals surface area contributed by atoms with Crippen molar-refractivity contribution in [3.05, 3.63) is 144 Å². The van der Waals surface area contributed by atoms with E-state index in [1.807, 2.05) is 0 Å². The third-order valence-corrected chi connectivity index (χ3v) is 16.5. The fraction of sp³-hybridized carbons (Fsp3) is 0.479. The number of benzene rings is 4. The Hall–Kier alpha value is -10.2. The van der Waals surface area contributed by atoms with Gasteiger partial charge in [-0.3, -0.25) is 57.5 Å². The summed E-state index contributed by atoms with van der Waals surface area (Å²) in [5.41, 5.74) is 25.6. The minimum Gasteiger partial charge on any atom is -0.481 e. The SMILES string of the molecule is CC(C)[C@H](NC(=O)[C@H](CC(=O)O)NC(=O)[C@H](CO)NC(=O)[C@H](Cc1ccccc1)NC(=O)[C@H](CCC(=O)O)NC(=O)[C@H](Cc1ccccc1)NC(=O)[C@H](CCCCN)NC(=O)[C@H](Cc1ccccc1)NC(=O)[C@@H](N)CCCCN)C(=O)N[C@@H](CCCCN)C(=O)N[C@@H](Cc1ccccc1)C(=O)O. The number of aliphatic hydroxyl groups excluding tert-OH is 1. The van der Waals surface area contributed by atoms with Crippen LogP contribution in [-0.4, -0.2) is 190 Å². The summed E-state index contributed by atoms with van der Waals surface area (Å²) in [6, 6.07) is 16.8. The van der Waals surface area contributed by atoms with Gasteiger partial charge in [0.1, 0.15) is 60.4 Å². The van der Waals surface area contributed by atoms with Crippen molar-refractivity contribution in [2.45, 2.75) is 183 Å². The first-order chi connectivity index (χ1) is 48.8. The molecule has 4 aromatic carbocycles. The largest absolute Gasteiger partial charge is 0.481 e. The number of aliphatic hydroxyl groups is 1. The zero-order valence-corrected chi connectivity index (χ0v) is 57.5. The first-order valence-electron chi connectivity index (χ1n) is 34.1. The first-order valence-corrected chi connectivity index (χ1v) is 34.1. The molecule has 4 aromatic rings. The normalized spacial score (nSPS) is 14.3. The molecule has 4 rings (SSSR count). The number of aliphatic carboxylic acids is 3. The highest BCUT2D eigenvalue weighted by atomic mass is 16.4. The Labute approximate surface area is 592 Å². The molecule has 10 amide bonds. The quantitative estimate of drug-likeness (QED) is 0.0226. The monoisotopic (exact) mass is 1420 g/mol. The van der Waals surface area contributed by atoms with Crippen molar-refractivity contribution in [3.63, 3.8) is 0 Å². The molecule has 0 aliphatic carbocycles. The number of carbonyl (C=O) groups is 13. The van der Waals surface area contributed by atoms with Crippen LogP contribution in [0.1, 0.15) is 113 Å². The highest BCUT2D eigenvalue weighted by molar-refractivity contribution is 6.00. The second kappa shape index (κ2) is 45.5. The van der Waals surface area contributed by atoms with Crippen molar-refractivity contribution in [2.75, 3.05) is 26.2 Å². The lowest BCUT2D eigenvalue weighted by atomic mass is 10.0. The molecule has 11 atom stereocenters. The molecular weight excluding hydrogens is 1320 g/mol. The molecular formula is C71H100N14O17. The minimum absolute atomic E-state index is 0.00183. The Bertz CT molecular complexity index is 3360. The molecule has 0 fully saturated rings. The lowest BCUT2D eigenvalue weighted by Crippen LogP contribution is -2.62. The van der Waals surface area contributed by atoms with Crippen LogP contribution in [0, 0.1) is 5.92 Å². The van der Waals surface area contributed by atoms with Gasteiger partial charge in [-0.05, 0) is 106 Å². The van der Waals surface area contributed by atoms with Crippen molar-refractivity contribution in [1.29, 1.82) is 0 Å². The van der Waals surface area contributed by atoms with E-state index in [4.69, 9.17) is 22.9 Å². The molecule has 0 aromatic heterocycles. The van der Waals surface area contributed by atoms with E-state index in [1.165, 1.54) is 13.8 Å². The third kappa shape index (κ3) is 30.7. The Morgan fingerprint density at radius 2 is 0.627 bits per heavy atom. The topological polar surface area (TPSA) is 527 Å². The summed E-state index contributed by atoms with van der Waals surface area (Å²) in [4.78, 5) is 179. The first kappa shape index (κ1) is 84.2. The van der Waals surface area contributed by atoms with Crippen LogP contribution in [0.5, 0.6) is 0 Å². The molecule has 0 saturated heterocycles. The van der Waals surface area contributed by atoms with Crippen LogP contribution in [0.2, 0.25) is 0 Å². The van der Waals surface area contributed by atoms with Gasteiger partial charge in [0, 0.05) is 32.1 Å². The van der Waals surface area contributed by atoms with Crippen LogP contribution in [0.15, 0.2) is 121 Å². The summed E-state index contributed by atoms with van der Waals surface area (Å²) in [7, 11) is 0. The van der Waals surface area contributed by atoms with E-state index in [1.54, 1.807) is 121 Å². The van der Waals surface area contributed by atoms with Crippen molar-refractivity contribution in [2.24, 2.45) is 28.9 Å². The Kier molecular flexibility index (Phi) is 37.6. The van der Waals surface area contributed by atoms with Gasteiger partial charge in [-0.25, -0.2) is 4.79 Å². The van der Waals surface area contributed by atoms with Crippen molar-refractivity contribution < 1.29 is 82.8 Å². The summed E-state index contributed by atoms with van der Waals surface area (Å²) < 4.78 is 0. The molecule has 22 N–H and O–H groups in total. The smallest absolute Gasteiger partial charge is 0.326 e. The second-order valence-corrected chi connectivity index (χ2v) is 25.1. The second-order valence-electron chi connectivity index (χ2n) is 25.1. The maximum Gasteiger partial charge on any atom is 0.326 e. The number of nitrogens with two attached hydrogens (primary N) is 4. The van der Waals surface area contributed by atoms with Crippen molar-refractivity contribution in [3.8, 4) is 0 Å². The molecule has 0 aliphatic heterocycles. The lowest BCUT2D eigenvalue weighted by Gasteiger charge is -2.28. The van der Waals surface area contributed by atoms with Crippen molar-refractivity contribution in [1.82, 2.24) is 53.2 Å². The maximum atomic E-state index is 14.8. The highest BCUT2D eigenvalue weighted by Gasteiger charge is 2.38. The molecule has 0 heterocycles. The Morgan fingerprint density at radius 1 is 0.333 bits per heavy atom. The van der Waals surface area contributed by atoms with Gasteiger partial charge in [-0.15, -0.1) is 0 Å². The van der Waals surface area contributed by atoms with Gasteiger partial charge in [0.15, 0.2) is 0 Å². The molecule has 0 unspecified atom stereocenters. The van der Waals surface area contributed by atoms with Crippen LogP contribution in [-0.2, 0) is 88.0 Å². The minimum atomic E-state index is -2.00. The van der Waals surface area contributed by atoms with Gasteiger partial charge < -0.3 is 96.5 Å². The van der Waals surface area contributed by atoms with Gasteiger partial charge in [-0.2, -0.15) is 0 Å². The zero-order chi connectivity index (χ0) is 75.1. The van der Waals surface area contributed by atoms with E-state index in [0.29, 0.717) is 67.3 Å². The Morgan fingerprint density at radius 3 is 0.980 bits per heavy atom. The lowest BCUT2D eigenvalue weighted by molar-refractivity contribution is -0.142. The van der Waals surface area contributed by atoms with Gasteiger partial charge in [0.25, 0.3) is 0 Å². The van der Waals surface area contributed by atoms with Gasteiger partial charge >= 0.3 is 17.9 Å². The molecule has 31 heteroatoms. The number of nitrogens with one attached hydrogen (secondary N) is 10. The van der Waals surface area contributed by atoms with E-state index >= 15 is 0 Å². The Balaban J connectivity index is 1.60. The fourth-order valence-electron chi connectivity index (χ4n) is 10.7. The van der Waals surface area contributed by atoms with Crippen LogP contribution in [0.3, 0.4) is 0 Å². The van der Waals surface area contributed by atoms with Crippen molar-refractivity contribution >= 4 is 77.0 Å². The van der Waals surface area contributed by atoms with Gasteiger partial charge in [0.2, 0.25) is 59.1 Å². The molecule has 0 aliphatic rings. The number of rotatable bonds is 48. The number of carboxylic acid groups (broad SMARTS) is 3. The van der Waals surface area contributed by atoms with E-state index in [-0.39, 0.29) is 58.0 Å². The summed E-state index contributed by atoms with van der Waals surface area (Å²) in [6.07, 6.45) is -0.192. The molecule has 0 spiro atoms. The number of carbonyl (C=O) groups excluding carboxylic acids is 10.